The second-order valence-corrected chi connectivity index (χ2v) is 4.37. The van der Waals surface area contributed by atoms with Crippen LogP contribution in [0.15, 0.2) is 36.0 Å². The summed E-state index contributed by atoms with van der Waals surface area (Å²) in [5.41, 5.74) is 1.15. The van der Waals surface area contributed by atoms with Crippen molar-refractivity contribution < 1.29 is 9.59 Å². The second-order valence-electron chi connectivity index (χ2n) is 4.37. The first kappa shape index (κ1) is 10.1. The summed E-state index contributed by atoms with van der Waals surface area (Å²) >= 11 is 0. The molecule has 0 bridgehead atoms. The standard InChI is InChI=1S/C13H14O2/c1-10-8-13(9-11(10)4-7-14)5-2-12(15)3-6-13/h2-3,5-8,11H,4,9H2,1H3/t11-/m1/s1. The fourth-order valence-electron chi connectivity index (χ4n) is 2.39. The van der Waals surface area contributed by atoms with Gasteiger partial charge in [-0.05, 0) is 31.4 Å². The summed E-state index contributed by atoms with van der Waals surface area (Å²) in [7, 11) is 0. The van der Waals surface area contributed by atoms with Gasteiger partial charge in [0.2, 0.25) is 0 Å². The van der Waals surface area contributed by atoms with Crippen molar-refractivity contribution in [2.75, 3.05) is 0 Å². The monoisotopic (exact) mass is 202 g/mol. The molecule has 0 N–H and O–H groups in total. The number of allylic oxidation sites excluding steroid dienone is 6. The van der Waals surface area contributed by atoms with Gasteiger partial charge in [0.15, 0.2) is 5.78 Å². The Balaban J connectivity index is 2.21. The average molecular weight is 202 g/mol. The van der Waals surface area contributed by atoms with Gasteiger partial charge in [0.1, 0.15) is 6.29 Å². The molecular formula is C13H14O2. The van der Waals surface area contributed by atoms with Crippen molar-refractivity contribution in [3.05, 3.63) is 36.0 Å². The highest BCUT2D eigenvalue weighted by atomic mass is 16.1. The zero-order valence-electron chi connectivity index (χ0n) is 8.77. The van der Waals surface area contributed by atoms with E-state index in [1.54, 1.807) is 12.2 Å². The van der Waals surface area contributed by atoms with Crippen LogP contribution in [-0.4, -0.2) is 12.1 Å². The summed E-state index contributed by atoms with van der Waals surface area (Å²) in [6.07, 6.45) is 11.8. The van der Waals surface area contributed by atoms with Gasteiger partial charge in [-0.2, -0.15) is 0 Å². The summed E-state index contributed by atoms with van der Waals surface area (Å²) < 4.78 is 0. The van der Waals surface area contributed by atoms with Crippen molar-refractivity contribution in [3.8, 4) is 0 Å². The van der Waals surface area contributed by atoms with Crippen LogP contribution in [0, 0.1) is 11.3 Å². The van der Waals surface area contributed by atoms with Gasteiger partial charge in [-0.25, -0.2) is 0 Å². The van der Waals surface area contributed by atoms with E-state index >= 15 is 0 Å². The van der Waals surface area contributed by atoms with E-state index in [0.717, 1.165) is 12.7 Å². The van der Waals surface area contributed by atoms with Gasteiger partial charge >= 0.3 is 0 Å². The zero-order chi connectivity index (χ0) is 10.9. The highest BCUT2D eigenvalue weighted by Crippen LogP contribution is 2.44. The highest BCUT2D eigenvalue weighted by molar-refractivity contribution is 6.00. The van der Waals surface area contributed by atoms with Gasteiger partial charge in [0.05, 0.1) is 0 Å². The number of hydrogen-bond acceptors (Lipinski definition) is 2. The molecule has 0 aromatic heterocycles. The quantitative estimate of drug-likeness (QED) is 0.508. The first-order valence-electron chi connectivity index (χ1n) is 5.21. The van der Waals surface area contributed by atoms with Gasteiger partial charge in [0.25, 0.3) is 0 Å². The lowest BCUT2D eigenvalue weighted by atomic mass is 9.81. The maximum absolute atomic E-state index is 11.0. The molecule has 0 aromatic rings. The first-order chi connectivity index (χ1) is 7.15. The van der Waals surface area contributed by atoms with Crippen molar-refractivity contribution in [3.63, 3.8) is 0 Å². The summed E-state index contributed by atoms with van der Waals surface area (Å²) in [5.74, 6) is 0.385. The first-order valence-corrected chi connectivity index (χ1v) is 5.21. The Morgan fingerprint density at radius 2 is 2.13 bits per heavy atom. The number of hydrogen-bond donors (Lipinski definition) is 0. The van der Waals surface area contributed by atoms with E-state index in [1.807, 2.05) is 12.2 Å². The number of carbonyl (C=O) groups is 2. The Labute approximate surface area is 89.4 Å². The molecular weight excluding hydrogens is 188 g/mol. The van der Waals surface area contributed by atoms with Crippen LogP contribution < -0.4 is 0 Å². The minimum atomic E-state index is -0.105. The van der Waals surface area contributed by atoms with E-state index in [0.29, 0.717) is 12.3 Å². The van der Waals surface area contributed by atoms with Crippen LogP contribution in [0.5, 0.6) is 0 Å². The van der Waals surface area contributed by atoms with Crippen molar-refractivity contribution in [1.82, 2.24) is 0 Å². The third-order valence-electron chi connectivity index (χ3n) is 3.24. The smallest absolute Gasteiger partial charge is 0.178 e. The summed E-state index contributed by atoms with van der Waals surface area (Å²) in [6, 6.07) is 0. The maximum atomic E-state index is 11.0. The fraction of sp³-hybridized carbons (Fsp3) is 0.385. The van der Waals surface area contributed by atoms with Crippen LogP contribution in [0.25, 0.3) is 0 Å². The lowest BCUT2D eigenvalue weighted by Gasteiger charge is -2.22. The molecule has 0 amide bonds. The maximum Gasteiger partial charge on any atom is 0.178 e. The molecule has 0 saturated carbocycles. The zero-order valence-corrected chi connectivity index (χ0v) is 8.77. The van der Waals surface area contributed by atoms with Crippen LogP contribution in [0.2, 0.25) is 0 Å². The van der Waals surface area contributed by atoms with Crippen LogP contribution in [-0.2, 0) is 9.59 Å². The normalized spacial score (nSPS) is 27.1. The Kier molecular flexibility index (Phi) is 2.43. The van der Waals surface area contributed by atoms with Crippen LogP contribution in [0.4, 0.5) is 0 Å². The SMILES string of the molecule is CC1=CC2(C=CC(=O)C=C2)C[C@H]1CC=O. The van der Waals surface area contributed by atoms with Crippen molar-refractivity contribution in [1.29, 1.82) is 0 Å². The minimum Gasteiger partial charge on any atom is -0.303 e. The molecule has 1 spiro atoms. The Morgan fingerprint density at radius 3 is 2.73 bits per heavy atom. The summed E-state index contributed by atoms with van der Waals surface area (Å²) in [5, 5.41) is 0. The lowest BCUT2D eigenvalue weighted by Crippen LogP contribution is -2.14. The predicted molar refractivity (Wildman–Crippen MR) is 58.3 cm³/mol. The third-order valence-corrected chi connectivity index (χ3v) is 3.24. The largest absolute Gasteiger partial charge is 0.303 e. The van der Waals surface area contributed by atoms with Gasteiger partial charge < -0.3 is 4.79 Å². The summed E-state index contributed by atoms with van der Waals surface area (Å²) in [4.78, 5) is 21.6. The summed E-state index contributed by atoms with van der Waals surface area (Å²) in [6.45, 7) is 2.06. The van der Waals surface area contributed by atoms with E-state index in [4.69, 9.17) is 0 Å². The van der Waals surface area contributed by atoms with E-state index < -0.39 is 0 Å². The van der Waals surface area contributed by atoms with Crippen molar-refractivity contribution in [2.45, 2.75) is 19.8 Å². The highest BCUT2D eigenvalue weighted by Gasteiger charge is 2.34. The van der Waals surface area contributed by atoms with Gasteiger partial charge in [-0.1, -0.05) is 23.8 Å². The molecule has 78 valence electrons. The Hall–Kier alpha value is -1.44. The minimum absolute atomic E-state index is 0.0468. The predicted octanol–water partition coefficient (Wildman–Crippen LogP) is 2.22. The van der Waals surface area contributed by atoms with E-state index in [-0.39, 0.29) is 11.2 Å². The van der Waals surface area contributed by atoms with E-state index in [1.165, 1.54) is 5.57 Å². The molecule has 2 rings (SSSR count). The number of aldehydes is 1. The van der Waals surface area contributed by atoms with Gasteiger partial charge in [0, 0.05) is 11.8 Å². The average Bonchev–Trinajstić information content (AvgIpc) is 2.50. The molecule has 15 heavy (non-hydrogen) atoms. The van der Waals surface area contributed by atoms with Gasteiger partial charge in [-0.15, -0.1) is 0 Å². The molecule has 0 radical (unpaired) electrons. The Bertz CT molecular complexity index is 369. The van der Waals surface area contributed by atoms with Crippen LogP contribution in [0.1, 0.15) is 19.8 Å². The molecule has 0 aromatic carbocycles. The van der Waals surface area contributed by atoms with Gasteiger partial charge in [-0.3, -0.25) is 4.79 Å². The van der Waals surface area contributed by atoms with E-state index in [9.17, 15) is 9.59 Å². The van der Waals surface area contributed by atoms with E-state index in [2.05, 4.69) is 13.0 Å². The van der Waals surface area contributed by atoms with Crippen LogP contribution >= 0.6 is 0 Å². The van der Waals surface area contributed by atoms with Crippen molar-refractivity contribution >= 4 is 12.1 Å². The molecule has 2 heteroatoms. The number of rotatable bonds is 2. The molecule has 0 unspecified atom stereocenters. The molecule has 0 fully saturated rings. The number of ketones is 1. The number of carbonyl (C=O) groups excluding carboxylic acids is 2. The topological polar surface area (TPSA) is 34.1 Å². The molecule has 2 aliphatic rings. The second kappa shape index (κ2) is 3.61. The molecule has 1 atom stereocenters. The molecule has 0 aliphatic heterocycles. The Morgan fingerprint density at radius 1 is 1.47 bits per heavy atom. The molecule has 2 nitrogen and oxygen atoms in total. The van der Waals surface area contributed by atoms with Crippen molar-refractivity contribution in [2.24, 2.45) is 11.3 Å². The fourth-order valence-corrected chi connectivity index (χ4v) is 2.39. The van der Waals surface area contributed by atoms with Crippen LogP contribution in [0.3, 0.4) is 0 Å². The molecule has 2 aliphatic carbocycles. The third kappa shape index (κ3) is 1.84. The molecule has 0 saturated heterocycles. The lowest BCUT2D eigenvalue weighted by molar-refractivity contribution is -0.111. The molecule has 0 heterocycles.